The molecule has 2 N–H and O–H groups in total. The molecule has 0 bridgehead atoms. The Morgan fingerprint density at radius 1 is 1.62 bits per heavy atom. The Morgan fingerprint density at radius 2 is 2.23 bits per heavy atom. The molecule has 1 amide bonds. The van der Waals surface area contributed by atoms with Gasteiger partial charge in [-0.1, -0.05) is 0 Å². The van der Waals surface area contributed by atoms with Gasteiger partial charge in [-0.25, -0.2) is 4.79 Å². The predicted molar refractivity (Wildman–Crippen MR) is 48.4 cm³/mol. The molecule has 4 heteroatoms. The summed E-state index contributed by atoms with van der Waals surface area (Å²) in [4.78, 5) is 11.2. The number of hydrogen-bond donors (Lipinski definition) is 2. The van der Waals surface area contributed by atoms with E-state index >= 15 is 0 Å². The number of amides is 1. The average molecular weight is 187 g/mol. The molecule has 1 saturated carbocycles. The van der Waals surface area contributed by atoms with Gasteiger partial charge in [0.05, 0.1) is 18.2 Å². The highest BCUT2D eigenvalue weighted by atomic mass is 16.6. The first-order valence-corrected chi connectivity index (χ1v) is 4.68. The lowest BCUT2D eigenvalue weighted by molar-refractivity contribution is 0.0603. The second-order valence-electron chi connectivity index (χ2n) is 3.87. The van der Waals surface area contributed by atoms with Crippen molar-refractivity contribution in [2.75, 3.05) is 6.61 Å². The number of aliphatic hydroxyl groups excluding tert-OH is 1. The third kappa shape index (κ3) is 2.59. The van der Waals surface area contributed by atoms with Gasteiger partial charge in [-0.05, 0) is 33.1 Å². The van der Waals surface area contributed by atoms with Crippen molar-refractivity contribution in [3.8, 4) is 0 Å². The Hall–Kier alpha value is -0.770. The summed E-state index contributed by atoms with van der Waals surface area (Å²) in [5, 5.41) is 11.7. The minimum Gasteiger partial charge on any atom is -0.447 e. The van der Waals surface area contributed by atoms with Crippen LogP contribution in [0.3, 0.4) is 0 Å². The van der Waals surface area contributed by atoms with Crippen molar-refractivity contribution in [2.24, 2.45) is 0 Å². The van der Waals surface area contributed by atoms with Crippen molar-refractivity contribution in [1.82, 2.24) is 5.32 Å². The first-order chi connectivity index (χ1) is 6.08. The second-order valence-corrected chi connectivity index (χ2v) is 3.87. The maximum absolute atomic E-state index is 11.2. The van der Waals surface area contributed by atoms with Crippen LogP contribution in [0.4, 0.5) is 4.79 Å². The molecule has 13 heavy (non-hydrogen) atoms. The van der Waals surface area contributed by atoms with Crippen molar-refractivity contribution < 1.29 is 14.6 Å². The van der Waals surface area contributed by atoms with Gasteiger partial charge in [0, 0.05) is 0 Å². The molecule has 1 rings (SSSR count). The van der Waals surface area contributed by atoms with Crippen LogP contribution in [0.25, 0.3) is 0 Å². The summed E-state index contributed by atoms with van der Waals surface area (Å²) in [5.74, 6) is 0. The molecule has 0 aromatic rings. The zero-order valence-corrected chi connectivity index (χ0v) is 8.17. The number of carbonyl (C=O) groups is 1. The topological polar surface area (TPSA) is 58.6 Å². The molecule has 76 valence electrons. The van der Waals surface area contributed by atoms with E-state index in [1.807, 2.05) is 0 Å². The second kappa shape index (κ2) is 3.96. The molecule has 1 aliphatic rings. The van der Waals surface area contributed by atoms with Crippen LogP contribution < -0.4 is 5.32 Å². The maximum Gasteiger partial charge on any atom is 0.407 e. The Balaban J connectivity index is 2.34. The molecule has 0 aromatic carbocycles. The van der Waals surface area contributed by atoms with Gasteiger partial charge >= 0.3 is 6.09 Å². The summed E-state index contributed by atoms with van der Waals surface area (Å²) in [6.07, 6.45) is 2.20. The van der Waals surface area contributed by atoms with Crippen LogP contribution in [0.15, 0.2) is 0 Å². The Kier molecular flexibility index (Phi) is 3.14. The minimum absolute atomic E-state index is 0.000194. The van der Waals surface area contributed by atoms with E-state index in [0.717, 1.165) is 19.3 Å². The van der Waals surface area contributed by atoms with E-state index in [0.29, 0.717) is 0 Å². The summed E-state index contributed by atoms with van der Waals surface area (Å²) in [6, 6.07) is 0. The van der Waals surface area contributed by atoms with Crippen molar-refractivity contribution in [3.05, 3.63) is 0 Å². The van der Waals surface area contributed by atoms with Crippen LogP contribution in [0.2, 0.25) is 0 Å². The van der Waals surface area contributed by atoms with Crippen LogP contribution in [-0.2, 0) is 4.74 Å². The van der Waals surface area contributed by atoms with Crippen LogP contribution in [-0.4, -0.2) is 29.4 Å². The molecular formula is C9H17NO3. The monoisotopic (exact) mass is 187 g/mol. The molecule has 1 fully saturated rings. The summed E-state index contributed by atoms with van der Waals surface area (Å²) in [5.41, 5.74) is -0.397. The zero-order valence-electron chi connectivity index (χ0n) is 8.17. The lowest BCUT2D eigenvalue weighted by Crippen LogP contribution is -2.56. The molecule has 0 spiro atoms. The number of nitrogens with one attached hydrogen (secondary N) is 1. The molecule has 0 heterocycles. The zero-order chi connectivity index (χ0) is 9.90. The number of alkyl carbamates (subject to hydrolysis) is 1. The summed E-state index contributed by atoms with van der Waals surface area (Å²) >= 11 is 0. The Bertz CT molecular complexity index is 182. The highest BCUT2D eigenvalue weighted by molar-refractivity contribution is 5.68. The van der Waals surface area contributed by atoms with Crippen LogP contribution >= 0.6 is 0 Å². The van der Waals surface area contributed by atoms with Crippen molar-refractivity contribution in [1.29, 1.82) is 0 Å². The van der Waals surface area contributed by atoms with Gasteiger partial charge in [0.25, 0.3) is 0 Å². The minimum atomic E-state index is -0.427. The van der Waals surface area contributed by atoms with E-state index in [9.17, 15) is 4.79 Å². The highest BCUT2D eigenvalue weighted by Gasteiger charge is 2.38. The van der Waals surface area contributed by atoms with E-state index in [-0.39, 0.29) is 12.7 Å². The van der Waals surface area contributed by atoms with Gasteiger partial charge in [0.1, 0.15) is 0 Å². The predicted octanol–water partition coefficient (Wildman–Crippen LogP) is 1.04. The standard InChI is InChI=1S/C9H17NO3/c1-7(2)13-8(12)10-9(6-11)4-3-5-9/h7,11H,3-6H2,1-2H3,(H,10,12). The fourth-order valence-electron chi connectivity index (χ4n) is 1.39. The number of carbonyl (C=O) groups excluding carboxylic acids is 1. The van der Waals surface area contributed by atoms with Crippen LogP contribution in [0.5, 0.6) is 0 Å². The first-order valence-electron chi connectivity index (χ1n) is 4.68. The number of ether oxygens (including phenoxy) is 1. The Labute approximate surface area is 78.3 Å². The van der Waals surface area contributed by atoms with E-state index < -0.39 is 11.6 Å². The van der Waals surface area contributed by atoms with Crippen LogP contribution in [0.1, 0.15) is 33.1 Å². The summed E-state index contributed by atoms with van der Waals surface area (Å²) in [7, 11) is 0. The molecule has 0 saturated heterocycles. The third-order valence-corrected chi connectivity index (χ3v) is 2.32. The lowest BCUT2D eigenvalue weighted by Gasteiger charge is -2.40. The molecular weight excluding hydrogens is 170 g/mol. The lowest BCUT2D eigenvalue weighted by atomic mass is 9.77. The average Bonchev–Trinajstić information content (AvgIpc) is 1.95. The van der Waals surface area contributed by atoms with Gasteiger partial charge < -0.3 is 15.2 Å². The molecule has 4 nitrogen and oxygen atoms in total. The SMILES string of the molecule is CC(C)OC(=O)NC1(CO)CCC1. The maximum atomic E-state index is 11.2. The first kappa shape index (κ1) is 10.3. The molecule has 0 radical (unpaired) electrons. The molecule has 0 unspecified atom stereocenters. The largest absolute Gasteiger partial charge is 0.447 e. The molecule has 0 atom stereocenters. The fraction of sp³-hybridized carbons (Fsp3) is 0.889. The molecule has 0 aromatic heterocycles. The number of aliphatic hydroxyl groups is 1. The van der Waals surface area contributed by atoms with Gasteiger partial charge in [-0.3, -0.25) is 0 Å². The molecule has 0 aliphatic heterocycles. The van der Waals surface area contributed by atoms with Gasteiger partial charge in [0.2, 0.25) is 0 Å². The van der Waals surface area contributed by atoms with Gasteiger partial charge in [-0.2, -0.15) is 0 Å². The van der Waals surface area contributed by atoms with Crippen LogP contribution in [0, 0.1) is 0 Å². The van der Waals surface area contributed by atoms with Gasteiger partial charge in [-0.15, -0.1) is 0 Å². The van der Waals surface area contributed by atoms with Crippen molar-refractivity contribution in [3.63, 3.8) is 0 Å². The number of hydrogen-bond acceptors (Lipinski definition) is 3. The van der Waals surface area contributed by atoms with Gasteiger partial charge in [0.15, 0.2) is 0 Å². The van der Waals surface area contributed by atoms with E-state index in [1.165, 1.54) is 0 Å². The van der Waals surface area contributed by atoms with Crippen molar-refractivity contribution >= 4 is 6.09 Å². The molecule has 1 aliphatic carbocycles. The Morgan fingerprint density at radius 3 is 2.54 bits per heavy atom. The van der Waals surface area contributed by atoms with E-state index in [2.05, 4.69) is 5.32 Å². The summed E-state index contributed by atoms with van der Waals surface area (Å²) < 4.78 is 4.92. The van der Waals surface area contributed by atoms with E-state index in [4.69, 9.17) is 9.84 Å². The van der Waals surface area contributed by atoms with Crippen molar-refractivity contribution in [2.45, 2.75) is 44.8 Å². The quantitative estimate of drug-likeness (QED) is 0.694. The number of rotatable bonds is 3. The highest BCUT2D eigenvalue weighted by Crippen LogP contribution is 2.31. The van der Waals surface area contributed by atoms with E-state index in [1.54, 1.807) is 13.8 Å². The fourth-order valence-corrected chi connectivity index (χ4v) is 1.39. The third-order valence-electron chi connectivity index (χ3n) is 2.32. The normalized spacial score (nSPS) is 19.4. The summed E-state index contributed by atoms with van der Waals surface area (Å²) in [6.45, 7) is 3.60. The smallest absolute Gasteiger partial charge is 0.407 e.